The summed E-state index contributed by atoms with van der Waals surface area (Å²) in [5.41, 5.74) is 4.78. The molecule has 1 heterocycles. The number of nitrogens with zero attached hydrogens (tertiary/aromatic N) is 4. The van der Waals surface area contributed by atoms with E-state index in [0.29, 0.717) is 22.8 Å². The molecule has 0 saturated heterocycles. The molecule has 0 fully saturated rings. The Balaban J connectivity index is 1.74. The maximum atomic E-state index is 9.01. The van der Waals surface area contributed by atoms with Gasteiger partial charge in [0.15, 0.2) is 22.5 Å². The maximum absolute atomic E-state index is 9.01. The molecule has 0 atom stereocenters. The van der Waals surface area contributed by atoms with Crippen LogP contribution in [0.3, 0.4) is 0 Å². The molecule has 0 aliphatic heterocycles. The lowest BCUT2D eigenvalue weighted by molar-refractivity contribution is 0.355. The molecule has 0 aliphatic rings. The SMILES string of the molecule is COc1ccc(-c2nnc(SCc3ccc(C#N)cc3)n2-c2cccc(C)c2)cc1OC. The third-order valence-electron chi connectivity index (χ3n) is 4.99. The lowest BCUT2D eigenvalue weighted by Gasteiger charge is -2.13. The number of ether oxygens (including phenoxy) is 2. The van der Waals surface area contributed by atoms with E-state index in [0.717, 1.165) is 33.4 Å². The van der Waals surface area contributed by atoms with E-state index in [4.69, 9.17) is 14.7 Å². The first-order valence-electron chi connectivity index (χ1n) is 9.99. The average molecular weight is 443 g/mol. The van der Waals surface area contributed by atoms with E-state index in [1.807, 2.05) is 54.6 Å². The van der Waals surface area contributed by atoms with E-state index >= 15 is 0 Å². The van der Waals surface area contributed by atoms with Gasteiger partial charge in [0.2, 0.25) is 0 Å². The summed E-state index contributed by atoms with van der Waals surface area (Å²) in [5.74, 6) is 2.73. The number of hydrogen-bond acceptors (Lipinski definition) is 6. The van der Waals surface area contributed by atoms with Crippen molar-refractivity contribution in [1.82, 2.24) is 14.8 Å². The number of rotatable bonds is 7. The topological polar surface area (TPSA) is 73.0 Å². The number of nitriles is 1. The van der Waals surface area contributed by atoms with Crippen LogP contribution >= 0.6 is 11.8 Å². The number of hydrogen-bond donors (Lipinski definition) is 0. The zero-order valence-corrected chi connectivity index (χ0v) is 18.9. The fourth-order valence-electron chi connectivity index (χ4n) is 3.35. The Labute approximate surface area is 191 Å². The van der Waals surface area contributed by atoms with Gasteiger partial charge in [-0.3, -0.25) is 4.57 Å². The second-order valence-electron chi connectivity index (χ2n) is 7.15. The van der Waals surface area contributed by atoms with Crippen LogP contribution in [0, 0.1) is 18.3 Å². The maximum Gasteiger partial charge on any atom is 0.196 e. The summed E-state index contributed by atoms with van der Waals surface area (Å²) in [7, 11) is 3.23. The highest BCUT2D eigenvalue weighted by molar-refractivity contribution is 7.98. The molecule has 0 spiro atoms. The number of thioether (sulfide) groups is 1. The van der Waals surface area contributed by atoms with Crippen LogP contribution in [0.1, 0.15) is 16.7 Å². The van der Waals surface area contributed by atoms with Crippen molar-refractivity contribution in [3.05, 3.63) is 83.4 Å². The minimum Gasteiger partial charge on any atom is -0.493 e. The number of benzene rings is 3. The molecule has 4 aromatic rings. The van der Waals surface area contributed by atoms with Gasteiger partial charge in [-0.25, -0.2) is 0 Å². The molecular weight excluding hydrogens is 420 g/mol. The van der Waals surface area contributed by atoms with Gasteiger partial charge < -0.3 is 9.47 Å². The molecule has 6 nitrogen and oxygen atoms in total. The summed E-state index contributed by atoms with van der Waals surface area (Å²) in [6.45, 7) is 2.06. The smallest absolute Gasteiger partial charge is 0.196 e. The third-order valence-corrected chi connectivity index (χ3v) is 5.99. The predicted octanol–water partition coefficient (Wildman–Crippen LogP) is 5.42. The van der Waals surface area contributed by atoms with Gasteiger partial charge >= 0.3 is 0 Å². The highest BCUT2D eigenvalue weighted by atomic mass is 32.2. The molecule has 160 valence electrons. The quantitative estimate of drug-likeness (QED) is 0.356. The highest BCUT2D eigenvalue weighted by Crippen LogP contribution is 2.35. The minimum atomic E-state index is 0.635. The summed E-state index contributed by atoms with van der Waals surface area (Å²) in [6.07, 6.45) is 0. The van der Waals surface area contributed by atoms with Crippen LogP contribution in [0.25, 0.3) is 17.1 Å². The lowest BCUT2D eigenvalue weighted by Crippen LogP contribution is -2.01. The van der Waals surface area contributed by atoms with Crippen LogP contribution in [0.15, 0.2) is 71.9 Å². The Kier molecular flexibility index (Phi) is 6.43. The Bertz CT molecular complexity index is 1280. The second kappa shape index (κ2) is 9.58. The third kappa shape index (κ3) is 4.46. The van der Waals surface area contributed by atoms with Gasteiger partial charge in [0, 0.05) is 17.0 Å². The van der Waals surface area contributed by atoms with Crippen molar-refractivity contribution in [2.45, 2.75) is 17.8 Å². The van der Waals surface area contributed by atoms with Gasteiger partial charge in [-0.05, 0) is 60.5 Å². The number of methoxy groups -OCH3 is 2. The van der Waals surface area contributed by atoms with Crippen molar-refractivity contribution in [2.24, 2.45) is 0 Å². The zero-order chi connectivity index (χ0) is 22.5. The van der Waals surface area contributed by atoms with Crippen molar-refractivity contribution in [3.63, 3.8) is 0 Å². The minimum absolute atomic E-state index is 0.635. The molecule has 1 aromatic heterocycles. The van der Waals surface area contributed by atoms with Crippen molar-refractivity contribution < 1.29 is 9.47 Å². The van der Waals surface area contributed by atoms with Crippen molar-refractivity contribution in [2.75, 3.05) is 14.2 Å². The van der Waals surface area contributed by atoms with Crippen LogP contribution in [0.4, 0.5) is 0 Å². The normalized spacial score (nSPS) is 10.6. The van der Waals surface area contributed by atoms with Gasteiger partial charge in [-0.15, -0.1) is 10.2 Å². The van der Waals surface area contributed by atoms with Gasteiger partial charge in [-0.1, -0.05) is 36.0 Å². The molecule has 32 heavy (non-hydrogen) atoms. The first-order valence-corrected chi connectivity index (χ1v) is 11.0. The summed E-state index contributed by atoms with van der Waals surface area (Å²) < 4.78 is 12.9. The molecule has 0 N–H and O–H groups in total. The largest absolute Gasteiger partial charge is 0.493 e. The molecule has 3 aromatic carbocycles. The summed E-state index contributed by atoms with van der Waals surface area (Å²) >= 11 is 1.60. The van der Waals surface area contributed by atoms with Gasteiger partial charge in [-0.2, -0.15) is 5.26 Å². The lowest BCUT2D eigenvalue weighted by atomic mass is 10.1. The Morgan fingerprint density at radius 2 is 1.72 bits per heavy atom. The van der Waals surface area contributed by atoms with Crippen LogP contribution in [-0.4, -0.2) is 29.0 Å². The van der Waals surface area contributed by atoms with Crippen LogP contribution in [0.5, 0.6) is 11.5 Å². The van der Waals surface area contributed by atoms with Gasteiger partial charge in [0.1, 0.15) is 0 Å². The molecule has 0 radical (unpaired) electrons. The number of aryl methyl sites for hydroxylation is 1. The van der Waals surface area contributed by atoms with Crippen LogP contribution < -0.4 is 9.47 Å². The van der Waals surface area contributed by atoms with E-state index in [1.54, 1.807) is 26.0 Å². The first kappa shape index (κ1) is 21.5. The summed E-state index contributed by atoms with van der Waals surface area (Å²) in [5, 5.41) is 18.8. The molecule has 0 bridgehead atoms. The van der Waals surface area contributed by atoms with E-state index in [-0.39, 0.29) is 0 Å². The number of aromatic nitrogens is 3. The molecule has 0 amide bonds. The van der Waals surface area contributed by atoms with Crippen LogP contribution in [-0.2, 0) is 5.75 Å². The molecular formula is C25H22N4O2S. The first-order chi connectivity index (χ1) is 15.6. The van der Waals surface area contributed by atoms with E-state index in [1.165, 1.54) is 0 Å². The van der Waals surface area contributed by atoms with Crippen molar-refractivity contribution in [1.29, 1.82) is 5.26 Å². The molecule has 7 heteroatoms. The van der Waals surface area contributed by atoms with E-state index < -0.39 is 0 Å². The van der Waals surface area contributed by atoms with Crippen LogP contribution in [0.2, 0.25) is 0 Å². The average Bonchev–Trinajstić information content (AvgIpc) is 3.26. The second-order valence-corrected chi connectivity index (χ2v) is 8.09. The molecule has 4 rings (SSSR count). The predicted molar refractivity (Wildman–Crippen MR) is 125 cm³/mol. The monoisotopic (exact) mass is 442 g/mol. The zero-order valence-electron chi connectivity index (χ0n) is 18.1. The molecule has 0 unspecified atom stereocenters. The Hall–Kier alpha value is -3.76. The van der Waals surface area contributed by atoms with Crippen molar-refractivity contribution >= 4 is 11.8 Å². The summed E-state index contributed by atoms with van der Waals surface area (Å²) in [4.78, 5) is 0. The van der Waals surface area contributed by atoms with E-state index in [2.05, 4.69) is 39.9 Å². The fourth-order valence-corrected chi connectivity index (χ4v) is 4.26. The van der Waals surface area contributed by atoms with Gasteiger partial charge in [0.05, 0.1) is 25.9 Å². The Morgan fingerprint density at radius 3 is 2.41 bits per heavy atom. The Morgan fingerprint density at radius 1 is 0.938 bits per heavy atom. The summed E-state index contributed by atoms with van der Waals surface area (Å²) in [6, 6.07) is 23.7. The molecule has 0 aliphatic carbocycles. The fraction of sp³-hybridized carbons (Fsp3) is 0.160. The van der Waals surface area contributed by atoms with Gasteiger partial charge in [0.25, 0.3) is 0 Å². The standard InChI is InChI=1S/C25H22N4O2S/c1-17-5-4-6-21(13-17)29-24(20-11-12-22(30-2)23(14-20)31-3)27-28-25(29)32-16-19-9-7-18(15-26)8-10-19/h4-14H,16H2,1-3H3. The van der Waals surface area contributed by atoms with Crippen molar-refractivity contribution in [3.8, 4) is 34.6 Å². The van der Waals surface area contributed by atoms with E-state index in [9.17, 15) is 0 Å². The highest BCUT2D eigenvalue weighted by Gasteiger charge is 2.18. The molecule has 0 saturated carbocycles.